The van der Waals surface area contributed by atoms with Crippen molar-refractivity contribution < 1.29 is 9.53 Å². The number of ether oxygens (including phenoxy) is 1. The number of fused-ring (bicyclic) bond motifs is 1. The van der Waals surface area contributed by atoms with Gasteiger partial charge in [-0.1, -0.05) is 12.5 Å². The van der Waals surface area contributed by atoms with E-state index in [4.69, 9.17) is 4.74 Å². The lowest BCUT2D eigenvalue weighted by Crippen LogP contribution is -2.03. The molecule has 0 radical (unpaired) electrons. The van der Waals surface area contributed by atoms with Gasteiger partial charge in [-0.05, 0) is 68.0 Å². The molecule has 1 aliphatic carbocycles. The van der Waals surface area contributed by atoms with Gasteiger partial charge in [0.1, 0.15) is 0 Å². The highest BCUT2D eigenvalue weighted by Gasteiger charge is 2.10. The molecule has 20 heavy (non-hydrogen) atoms. The highest BCUT2D eigenvalue weighted by molar-refractivity contribution is 7.99. The summed E-state index contributed by atoms with van der Waals surface area (Å²) in [5, 5.41) is 0. The van der Waals surface area contributed by atoms with Crippen molar-refractivity contribution in [2.24, 2.45) is 0 Å². The zero-order chi connectivity index (χ0) is 14.2. The molecular weight excluding hydrogens is 268 g/mol. The largest absolute Gasteiger partial charge is 0.466 e. The number of hydrogen-bond donors (Lipinski definition) is 0. The Balaban J connectivity index is 1.58. The summed E-state index contributed by atoms with van der Waals surface area (Å²) < 4.78 is 4.92. The number of hydrogen-bond acceptors (Lipinski definition) is 3. The van der Waals surface area contributed by atoms with Crippen LogP contribution in [0.5, 0.6) is 0 Å². The number of carbonyl (C=O) groups excluding carboxylic acids is 1. The predicted octanol–water partition coefficient (Wildman–Crippen LogP) is 4.39. The summed E-state index contributed by atoms with van der Waals surface area (Å²) in [6.07, 6.45) is 7.62. The molecule has 0 unspecified atom stereocenters. The van der Waals surface area contributed by atoms with Gasteiger partial charge in [0.15, 0.2) is 0 Å². The van der Waals surface area contributed by atoms with Crippen molar-refractivity contribution >= 4 is 17.7 Å². The molecule has 110 valence electrons. The van der Waals surface area contributed by atoms with Crippen LogP contribution in [0.1, 0.15) is 50.2 Å². The lowest BCUT2D eigenvalue weighted by molar-refractivity contribution is -0.143. The maximum Gasteiger partial charge on any atom is 0.305 e. The van der Waals surface area contributed by atoms with E-state index in [0.717, 1.165) is 18.6 Å². The fourth-order valence-corrected chi connectivity index (χ4v) is 3.58. The van der Waals surface area contributed by atoms with E-state index in [1.54, 1.807) is 11.1 Å². The average Bonchev–Trinajstić information content (AvgIpc) is 2.90. The minimum absolute atomic E-state index is 0.0567. The molecule has 0 saturated carbocycles. The maximum atomic E-state index is 11.2. The standard InChI is InChI=1S/C17H24O2S/c1-2-19-17(18)9-4-3-5-12-20-16-11-10-14-7-6-8-15(14)13-16/h10-11,13H,2-9,12H2,1H3. The van der Waals surface area contributed by atoms with Gasteiger partial charge in [-0.25, -0.2) is 0 Å². The molecule has 0 aromatic heterocycles. The third-order valence-electron chi connectivity index (χ3n) is 3.67. The first-order valence-electron chi connectivity index (χ1n) is 7.70. The van der Waals surface area contributed by atoms with Gasteiger partial charge >= 0.3 is 5.97 Å². The van der Waals surface area contributed by atoms with E-state index in [9.17, 15) is 4.79 Å². The summed E-state index contributed by atoms with van der Waals surface area (Å²) >= 11 is 1.94. The van der Waals surface area contributed by atoms with Crippen molar-refractivity contribution in [2.75, 3.05) is 12.4 Å². The van der Waals surface area contributed by atoms with E-state index in [1.807, 2.05) is 18.7 Å². The first-order chi connectivity index (χ1) is 9.79. The minimum atomic E-state index is -0.0567. The van der Waals surface area contributed by atoms with Crippen LogP contribution in [-0.4, -0.2) is 18.3 Å². The van der Waals surface area contributed by atoms with Crippen molar-refractivity contribution in [1.82, 2.24) is 0 Å². The number of thioether (sulfide) groups is 1. The van der Waals surface area contributed by atoms with Crippen LogP contribution in [0.2, 0.25) is 0 Å². The molecule has 0 fully saturated rings. The molecule has 3 heteroatoms. The Kier molecular flexibility index (Phi) is 6.44. The van der Waals surface area contributed by atoms with Crippen LogP contribution in [0, 0.1) is 0 Å². The van der Waals surface area contributed by atoms with Gasteiger partial charge in [0.05, 0.1) is 6.61 Å². The normalized spacial score (nSPS) is 13.2. The molecule has 2 nitrogen and oxygen atoms in total. The topological polar surface area (TPSA) is 26.3 Å². The zero-order valence-electron chi connectivity index (χ0n) is 12.3. The van der Waals surface area contributed by atoms with Crippen molar-refractivity contribution in [1.29, 1.82) is 0 Å². The molecule has 0 saturated heterocycles. The van der Waals surface area contributed by atoms with Crippen LogP contribution in [-0.2, 0) is 22.4 Å². The Morgan fingerprint density at radius 1 is 1.20 bits per heavy atom. The van der Waals surface area contributed by atoms with Gasteiger partial charge in [0, 0.05) is 11.3 Å². The summed E-state index contributed by atoms with van der Waals surface area (Å²) in [5.74, 6) is 1.08. The summed E-state index contributed by atoms with van der Waals surface area (Å²) in [7, 11) is 0. The Bertz CT molecular complexity index is 443. The second kappa shape index (κ2) is 8.35. The Hall–Kier alpha value is -0.960. The minimum Gasteiger partial charge on any atom is -0.466 e. The van der Waals surface area contributed by atoms with Crippen molar-refractivity contribution in [3.8, 4) is 0 Å². The van der Waals surface area contributed by atoms with Crippen LogP contribution in [0.25, 0.3) is 0 Å². The summed E-state index contributed by atoms with van der Waals surface area (Å²) in [6, 6.07) is 6.92. The highest BCUT2D eigenvalue weighted by Crippen LogP contribution is 2.28. The number of esters is 1. The third-order valence-corrected chi connectivity index (χ3v) is 4.75. The molecular formula is C17H24O2S. The van der Waals surface area contributed by atoms with Gasteiger partial charge in [0.25, 0.3) is 0 Å². The molecule has 1 aliphatic rings. The quantitative estimate of drug-likeness (QED) is 0.404. The second-order valence-electron chi connectivity index (χ2n) is 5.25. The molecule has 0 spiro atoms. The molecule has 0 atom stereocenters. The molecule has 0 N–H and O–H groups in total. The summed E-state index contributed by atoms with van der Waals surface area (Å²) in [5.41, 5.74) is 3.10. The van der Waals surface area contributed by atoms with Crippen LogP contribution >= 0.6 is 11.8 Å². The number of unbranched alkanes of at least 4 members (excludes halogenated alkanes) is 2. The molecule has 1 aromatic carbocycles. The first kappa shape index (κ1) is 15.4. The molecule has 0 bridgehead atoms. The lowest BCUT2D eigenvalue weighted by Gasteiger charge is -2.05. The Labute approximate surface area is 126 Å². The van der Waals surface area contributed by atoms with Crippen LogP contribution < -0.4 is 0 Å². The molecule has 1 aromatic rings. The third kappa shape index (κ3) is 4.86. The van der Waals surface area contributed by atoms with Gasteiger partial charge in [-0.2, -0.15) is 0 Å². The summed E-state index contributed by atoms with van der Waals surface area (Å²) in [4.78, 5) is 12.6. The van der Waals surface area contributed by atoms with Gasteiger partial charge in [0.2, 0.25) is 0 Å². The van der Waals surface area contributed by atoms with Gasteiger partial charge < -0.3 is 4.74 Å². The number of aryl methyl sites for hydroxylation is 2. The van der Waals surface area contributed by atoms with E-state index in [-0.39, 0.29) is 5.97 Å². The van der Waals surface area contributed by atoms with Crippen LogP contribution in [0.15, 0.2) is 23.1 Å². The van der Waals surface area contributed by atoms with Crippen molar-refractivity contribution in [3.63, 3.8) is 0 Å². The number of carbonyl (C=O) groups is 1. The predicted molar refractivity (Wildman–Crippen MR) is 84.3 cm³/mol. The monoisotopic (exact) mass is 292 g/mol. The number of benzene rings is 1. The fourth-order valence-electron chi connectivity index (χ4n) is 2.61. The molecule has 0 aliphatic heterocycles. The maximum absolute atomic E-state index is 11.2. The van der Waals surface area contributed by atoms with E-state index in [1.165, 1.54) is 30.6 Å². The molecule has 2 rings (SSSR count). The average molecular weight is 292 g/mol. The Morgan fingerprint density at radius 3 is 2.90 bits per heavy atom. The smallest absolute Gasteiger partial charge is 0.305 e. The van der Waals surface area contributed by atoms with E-state index in [0.29, 0.717) is 13.0 Å². The number of rotatable bonds is 8. The lowest BCUT2D eigenvalue weighted by atomic mass is 10.1. The molecule has 0 amide bonds. The van der Waals surface area contributed by atoms with Crippen molar-refractivity contribution in [2.45, 2.75) is 56.8 Å². The zero-order valence-corrected chi connectivity index (χ0v) is 13.1. The van der Waals surface area contributed by atoms with Crippen LogP contribution in [0.3, 0.4) is 0 Å². The van der Waals surface area contributed by atoms with Crippen LogP contribution in [0.4, 0.5) is 0 Å². The SMILES string of the molecule is CCOC(=O)CCCCCSc1ccc2c(c1)CCC2. The fraction of sp³-hybridized carbons (Fsp3) is 0.588. The van der Waals surface area contributed by atoms with Gasteiger partial charge in [-0.3, -0.25) is 4.79 Å². The Morgan fingerprint density at radius 2 is 2.05 bits per heavy atom. The van der Waals surface area contributed by atoms with Crippen molar-refractivity contribution in [3.05, 3.63) is 29.3 Å². The van der Waals surface area contributed by atoms with Gasteiger partial charge in [-0.15, -0.1) is 11.8 Å². The highest BCUT2D eigenvalue weighted by atomic mass is 32.2. The van der Waals surface area contributed by atoms with E-state index < -0.39 is 0 Å². The van der Waals surface area contributed by atoms with E-state index >= 15 is 0 Å². The summed E-state index contributed by atoms with van der Waals surface area (Å²) in [6.45, 7) is 2.35. The molecule has 0 heterocycles. The first-order valence-corrected chi connectivity index (χ1v) is 8.68. The second-order valence-corrected chi connectivity index (χ2v) is 6.42. The van der Waals surface area contributed by atoms with E-state index in [2.05, 4.69) is 18.2 Å².